The van der Waals surface area contributed by atoms with Gasteiger partial charge in [-0.1, -0.05) is 50.3 Å². The summed E-state index contributed by atoms with van der Waals surface area (Å²) in [5, 5.41) is 15.5. The molecular weight excluding hydrogens is 469 g/mol. The van der Waals surface area contributed by atoms with Crippen LogP contribution in [0.3, 0.4) is 0 Å². The van der Waals surface area contributed by atoms with Gasteiger partial charge in [0.05, 0.1) is 16.7 Å². The van der Waals surface area contributed by atoms with Crippen LogP contribution in [0.25, 0.3) is 0 Å². The van der Waals surface area contributed by atoms with Gasteiger partial charge in [-0.25, -0.2) is 4.68 Å². The average molecular weight is 487 g/mol. The molecule has 3 rings (SSSR count). The molecule has 0 atom stereocenters. The zero-order chi connectivity index (χ0) is 20.1. The predicted molar refractivity (Wildman–Crippen MR) is 112 cm³/mol. The van der Waals surface area contributed by atoms with Crippen molar-refractivity contribution in [1.29, 1.82) is 0 Å². The Morgan fingerprint density at radius 3 is 2.57 bits per heavy atom. The van der Waals surface area contributed by atoms with Gasteiger partial charge in [0, 0.05) is 18.1 Å². The van der Waals surface area contributed by atoms with Crippen LogP contribution in [-0.2, 0) is 20.2 Å². The molecule has 3 aromatic rings. The van der Waals surface area contributed by atoms with E-state index in [0.717, 1.165) is 15.6 Å². The first-order chi connectivity index (χ1) is 13.5. The lowest BCUT2D eigenvalue weighted by Crippen LogP contribution is -2.07. The molecule has 148 valence electrons. The first kappa shape index (κ1) is 20.7. The number of nitrogens with one attached hydrogen (secondary N) is 1. The molecule has 0 saturated heterocycles. The molecule has 1 heterocycles. The van der Waals surface area contributed by atoms with Crippen molar-refractivity contribution in [1.82, 2.24) is 20.2 Å². The van der Waals surface area contributed by atoms with Crippen molar-refractivity contribution in [2.45, 2.75) is 20.1 Å². The molecule has 0 aliphatic rings. The van der Waals surface area contributed by atoms with Crippen molar-refractivity contribution in [3.8, 4) is 11.5 Å². The number of rotatable bonds is 8. The van der Waals surface area contributed by atoms with Crippen molar-refractivity contribution in [2.75, 3.05) is 11.9 Å². The van der Waals surface area contributed by atoms with Gasteiger partial charge in [-0.15, -0.1) is 0 Å². The first-order valence-electron chi connectivity index (χ1n) is 8.46. The molecule has 0 radical (unpaired) electrons. The van der Waals surface area contributed by atoms with Crippen molar-refractivity contribution in [3.63, 3.8) is 0 Å². The molecule has 10 heteroatoms. The van der Waals surface area contributed by atoms with Crippen LogP contribution in [0.2, 0.25) is 10.0 Å². The number of halogens is 3. The first-order valence-corrected chi connectivity index (χ1v) is 10.0. The van der Waals surface area contributed by atoms with Crippen LogP contribution in [0.5, 0.6) is 11.5 Å². The third kappa shape index (κ3) is 5.06. The van der Waals surface area contributed by atoms with Crippen LogP contribution in [0.4, 0.5) is 5.95 Å². The summed E-state index contributed by atoms with van der Waals surface area (Å²) >= 11 is 15.6. The maximum atomic E-state index is 6.07. The normalized spacial score (nSPS) is 10.8. The van der Waals surface area contributed by atoms with Crippen molar-refractivity contribution < 1.29 is 9.47 Å². The van der Waals surface area contributed by atoms with Crippen LogP contribution in [-0.4, -0.2) is 26.8 Å². The van der Waals surface area contributed by atoms with Gasteiger partial charge in [-0.2, -0.15) is 0 Å². The highest BCUT2D eigenvalue weighted by molar-refractivity contribution is 9.10. The average Bonchev–Trinajstić information content (AvgIpc) is 3.08. The zero-order valence-electron chi connectivity index (χ0n) is 15.2. The van der Waals surface area contributed by atoms with E-state index in [1.807, 2.05) is 25.1 Å². The van der Waals surface area contributed by atoms with Gasteiger partial charge >= 0.3 is 0 Å². The molecule has 28 heavy (non-hydrogen) atoms. The Hall–Kier alpha value is -2.03. The molecule has 0 bridgehead atoms. The van der Waals surface area contributed by atoms with E-state index in [-0.39, 0.29) is 0 Å². The highest BCUT2D eigenvalue weighted by Crippen LogP contribution is 2.35. The molecule has 0 fully saturated rings. The Balaban J connectivity index is 1.75. The molecular formula is C18H18BrCl2N5O2. The largest absolute Gasteiger partial charge is 0.490 e. The molecule has 1 aromatic heterocycles. The third-order valence-corrected chi connectivity index (χ3v) is 5.33. The Morgan fingerprint density at radius 1 is 1.11 bits per heavy atom. The van der Waals surface area contributed by atoms with Crippen molar-refractivity contribution in [2.24, 2.45) is 7.05 Å². The fraction of sp³-hybridized carbons (Fsp3) is 0.278. The highest BCUT2D eigenvalue weighted by atomic mass is 79.9. The Bertz CT molecular complexity index is 967. The van der Waals surface area contributed by atoms with E-state index in [0.29, 0.717) is 47.3 Å². The van der Waals surface area contributed by atoms with E-state index in [1.165, 1.54) is 0 Å². The number of hydrogen-bond donors (Lipinski definition) is 1. The molecule has 7 nitrogen and oxygen atoms in total. The number of aryl methyl sites for hydroxylation is 1. The van der Waals surface area contributed by atoms with Crippen molar-refractivity contribution >= 4 is 45.1 Å². The fourth-order valence-corrected chi connectivity index (χ4v) is 3.22. The Labute approximate surface area is 181 Å². The minimum Gasteiger partial charge on any atom is -0.490 e. The summed E-state index contributed by atoms with van der Waals surface area (Å²) in [6, 6.07) is 9.21. The summed E-state index contributed by atoms with van der Waals surface area (Å²) in [5.41, 5.74) is 1.89. The van der Waals surface area contributed by atoms with E-state index in [9.17, 15) is 0 Å². The standard InChI is InChI=1S/C18H18BrCl2N5O2/c1-3-27-16-7-12(9-22-18-23-24-25-26(18)2)13(19)8-17(16)28-10-11-4-5-14(20)15(21)6-11/h4-8H,3,9-10H2,1-2H3,(H,22,23,25). The molecule has 0 aliphatic heterocycles. The third-order valence-electron chi connectivity index (χ3n) is 3.85. The fourth-order valence-electron chi connectivity index (χ4n) is 2.44. The quantitative estimate of drug-likeness (QED) is 0.489. The minimum absolute atomic E-state index is 0.339. The van der Waals surface area contributed by atoms with Gasteiger partial charge in [0.2, 0.25) is 5.95 Å². The maximum Gasteiger partial charge on any atom is 0.242 e. The van der Waals surface area contributed by atoms with Gasteiger partial charge in [0.1, 0.15) is 6.61 Å². The summed E-state index contributed by atoms with van der Waals surface area (Å²) in [5.74, 6) is 1.85. The minimum atomic E-state index is 0.339. The van der Waals surface area contributed by atoms with Gasteiger partial charge < -0.3 is 14.8 Å². The monoisotopic (exact) mass is 485 g/mol. The lowest BCUT2D eigenvalue weighted by molar-refractivity contribution is 0.269. The molecule has 1 N–H and O–H groups in total. The summed E-state index contributed by atoms with van der Waals surface area (Å²) in [4.78, 5) is 0. The van der Waals surface area contributed by atoms with E-state index < -0.39 is 0 Å². The van der Waals surface area contributed by atoms with Crippen molar-refractivity contribution in [3.05, 3.63) is 56.0 Å². The highest BCUT2D eigenvalue weighted by Gasteiger charge is 2.13. The van der Waals surface area contributed by atoms with Crippen LogP contribution in [0, 0.1) is 0 Å². The smallest absolute Gasteiger partial charge is 0.242 e. The number of ether oxygens (including phenoxy) is 2. The van der Waals surface area contributed by atoms with Gasteiger partial charge in [-0.3, -0.25) is 0 Å². The molecule has 0 aliphatic carbocycles. The summed E-state index contributed by atoms with van der Waals surface area (Å²) in [6.07, 6.45) is 0. The maximum absolute atomic E-state index is 6.07. The molecule has 0 saturated carbocycles. The lowest BCUT2D eigenvalue weighted by Gasteiger charge is -2.15. The number of benzene rings is 2. The van der Waals surface area contributed by atoms with E-state index in [1.54, 1.807) is 23.9 Å². The lowest BCUT2D eigenvalue weighted by atomic mass is 10.2. The van der Waals surface area contributed by atoms with E-state index >= 15 is 0 Å². The number of hydrogen-bond acceptors (Lipinski definition) is 6. The molecule has 2 aromatic carbocycles. The molecule has 0 unspecified atom stereocenters. The summed E-state index contributed by atoms with van der Waals surface area (Å²) < 4.78 is 14.2. The number of aromatic nitrogens is 4. The van der Waals surface area contributed by atoms with Crippen LogP contribution >= 0.6 is 39.1 Å². The van der Waals surface area contributed by atoms with Gasteiger partial charge in [0.15, 0.2) is 11.5 Å². The Morgan fingerprint density at radius 2 is 1.89 bits per heavy atom. The van der Waals surface area contributed by atoms with E-state index in [4.69, 9.17) is 32.7 Å². The zero-order valence-corrected chi connectivity index (χ0v) is 18.3. The topological polar surface area (TPSA) is 74.1 Å². The SMILES string of the molecule is CCOc1cc(CNc2nnnn2C)c(Br)cc1OCc1ccc(Cl)c(Cl)c1. The second-order valence-electron chi connectivity index (χ2n) is 5.84. The van der Waals surface area contributed by atoms with Gasteiger partial charge in [-0.05, 0) is 52.7 Å². The predicted octanol–water partition coefficient (Wildman–Crippen LogP) is 4.87. The van der Waals surface area contributed by atoms with Crippen LogP contribution in [0.1, 0.15) is 18.1 Å². The van der Waals surface area contributed by atoms with Crippen LogP contribution < -0.4 is 14.8 Å². The summed E-state index contributed by atoms with van der Waals surface area (Å²) in [7, 11) is 1.77. The second kappa shape index (κ2) is 9.45. The molecule has 0 spiro atoms. The van der Waals surface area contributed by atoms with Crippen LogP contribution in [0.15, 0.2) is 34.8 Å². The summed E-state index contributed by atoms with van der Waals surface area (Å²) in [6.45, 7) is 3.30. The van der Waals surface area contributed by atoms with Gasteiger partial charge in [0.25, 0.3) is 0 Å². The number of nitrogens with zero attached hydrogens (tertiary/aromatic N) is 4. The van der Waals surface area contributed by atoms with E-state index in [2.05, 4.69) is 36.8 Å². The second-order valence-corrected chi connectivity index (χ2v) is 7.51. The molecule has 0 amide bonds. The number of anilines is 1. The number of tetrazole rings is 1. The Kier molecular flexibility index (Phi) is 6.98.